The van der Waals surface area contributed by atoms with Crippen LogP contribution < -0.4 is 15.8 Å². The predicted octanol–water partition coefficient (Wildman–Crippen LogP) is 2.08. The number of ether oxygens (including phenoxy) is 1. The van der Waals surface area contributed by atoms with E-state index in [-0.39, 0.29) is 22.7 Å². The van der Waals surface area contributed by atoms with Gasteiger partial charge in [-0.1, -0.05) is 0 Å². The summed E-state index contributed by atoms with van der Waals surface area (Å²) in [5.41, 5.74) is 5.95. The Morgan fingerprint density at radius 1 is 1.56 bits per heavy atom. The molecule has 18 heavy (non-hydrogen) atoms. The van der Waals surface area contributed by atoms with Crippen LogP contribution in [0.15, 0.2) is 16.6 Å². The van der Waals surface area contributed by atoms with Crippen molar-refractivity contribution in [2.24, 2.45) is 5.92 Å². The normalized spacial score (nSPS) is 14.3. The number of benzene rings is 1. The molecule has 0 bridgehead atoms. The van der Waals surface area contributed by atoms with Crippen molar-refractivity contribution >= 4 is 27.5 Å². The third-order valence-corrected chi connectivity index (χ3v) is 3.30. The Morgan fingerprint density at radius 3 is 2.94 bits per heavy atom. The minimum atomic E-state index is -0.474. The molecule has 1 amide bonds. The third-order valence-electron chi connectivity index (χ3n) is 2.70. The van der Waals surface area contributed by atoms with Gasteiger partial charge in [0.05, 0.1) is 10.2 Å². The smallest absolute Gasteiger partial charge is 0.257 e. The highest BCUT2D eigenvalue weighted by Gasteiger charge is 2.21. The fourth-order valence-corrected chi connectivity index (χ4v) is 1.80. The average molecular weight is 317 g/mol. The first-order valence-corrected chi connectivity index (χ1v) is 6.49. The van der Waals surface area contributed by atoms with E-state index in [0.717, 1.165) is 6.07 Å². The quantitative estimate of drug-likeness (QED) is 0.817. The number of nitrogen functional groups attached to an aromatic ring is 1. The van der Waals surface area contributed by atoms with Crippen molar-refractivity contribution < 1.29 is 13.9 Å². The lowest BCUT2D eigenvalue weighted by Crippen LogP contribution is -2.30. The molecule has 0 aliphatic heterocycles. The zero-order valence-corrected chi connectivity index (χ0v) is 11.3. The van der Waals surface area contributed by atoms with E-state index in [4.69, 9.17) is 10.5 Å². The number of rotatable bonds is 5. The van der Waals surface area contributed by atoms with Gasteiger partial charge in [-0.3, -0.25) is 4.79 Å². The Balaban J connectivity index is 1.84. The fraction of sp³-hybridized carbons (Fsp3) is 0.417. The second-order valence-electron chi connectivity index (χ2n) is 4.34. The Hall–Kier alpha value is -1.30. The fourth-order valence-electron chi connectivity index (χ4n) is 1.44. The second kappa shape index (κ2) is 5.56. The van der Waals surface area contributed by atoms with E-state index in [2.05, 4.69) is 21.2 Å². The molecule has 1 aromatic rings. The number of carbonyl (C=O) groups is 1. The minimum absolute atomic E-state index is 0.155. The number of nitrogens with two attached hydrogens (primary N) is 1. The van der Waals surface area contributed by atoms with Crippen LogP contribution in [0.5, 0.6) is 5.75 Å². The van der Waals surface area contributed by atoms with Crippen molar-refractivity contribution in [3.8, 4) is 5.75 Å². The summed E-state index contributed by atoms with van der Waals surface area (Å²) in [6.07, 6.45) is 2.35. The molecule has 0 unspecified atom stereocenters. The van der Waals surface area contributed by atoms with Gasteiger partial charge in [-0.05, 0) is 40.8 Å². The van der Waals surface area contributed by atoms with Crippen LogP contribution in [-0.4, -0.2) is 19.1 Å². The van der Waals surface area contributed by atoms with E-state index in [1.165, 1.54) is 18.9 Å². The lowest BCUT2D eigenvalue weighted by Gasteiger charge is -2.10. The zero-order chi connectivity index (χ0) is 13.1. The van der Waals surface area contributed by atoms with Crippen LogP contribution >= 0.6 is 15.9 Å². The Bertz CT molecular complexity index is 464. The zero-order valence-electron chi connectivity index (χ0n) is 9.71. The van der Waals surface area contributed by atoms with Crippen molar-refractivity contribution in [2.75, 3.05) is 18.9 Å². The Labute approximate surface area is 113 Å². The summed E-state index contributed by atoms with van der Waals surface area (Å²) in [6, 6.07) is 2.57. The van der Waals surface area contributed by atoms with Crippen LogP contribution in [0.1, 0.15) is 12.8 Å². The van der Waals surface area contributed by atoms with Crippen LogP contribution in [-0.2, 0) is 4.79 Å². The summed E-state index contributed by atoms with van der Waals surface area (Å²) < 4.78 is 18.7. The molecule has 0 radical (unpaired) electrons. The molecule has 98 valence electrons. The van der Waals surface area contributed by atoms with Gasteiger partial charge in [0.15, 0.2) is 6.61 Å². The van der Waals surface area contributed by atoms with Gasteiger partial charge in [-0.2, -0.15) is 0 Å². The van der Waals surface area contributed by atoms with Crippen LogP contribution in [0.2, 0.25) is 0 Å². The first-order valence-electron chi connectivity index (χ1n) is 5.70. The highest BCUT2D eigenvalue weighted by molar-refractivity contribution is 9.10. The lowest BCUT2D eigenvalue weighted by atomic mass is 10.3. The number of hydrogen-bond acceptors (Lipinski definition) is 3. The molecule has 0 spiro atoms. The van der Waals surface area contributed by atoms with Gasteiger partial charge in [-0.15, -0.1) is 0 Å². The van der Waals surface area contributed by atoms with Gasteiger partial charge in [0.2, 0.25) is 0 Å². The summed E-state index contributed by atoms with van der Waals surface area (Å²) >= 11 is 3.02. The molecule has 4 nitrogen and oxygen atoms in total. The van der Waals surface area contributed by atoms with Gasteiger partial charge in [0.25, 0.3) is 5.91 Å². The van der Waals surface area contributed by atoms with E-state index in [1.807, 2.05) is 0 Å². The number of hydrogen-bond donors (Lipinski definition) is 2. The molecule has 0 aromatic heterocycles. The Morgan fingerprint density at radius 2 is 2.28 bits per heavy atom. The highest BCUT2D eigenvalue weighted by Crippen LogP contribution is 2.28. The maximum atomic E-state index is 13.3. The van der Waals surface area contributed by atoms with Gasteiger partial charge in [0, 0.05) is 12.6 Å². The van der Waals surface area contributed by atoms with E-state index in [9.17, 15) is 9.18 Å². The number of amides is 1. The van der Waals surface area contributed by atoms with E-state index in [1.54, 1.807) is 0 Å². The minimum Gasteiger partial charge on any atom is -0.482 e. The summed E-state index contributed by atoms with van der Waals surface area (Å²) in [6.45, 7) is 0.532. The summed E-state index contributed by atoms with van der Waals surface area (Å²) in [5, 5.41) is 2.75. The van der Waals surface area contributed by atoms with Crippen molar-refractivity contribution in [3.63, 3.8) is 0 Å². The molecule has 1 aliphatic carbocycles. The molecule has 1 aliphatic rings. The molecular formula is C12H14BrFN2O2. The van der Waals surface area contributed by atoms with Crippen LogP contribution in [0.3, 0.4) is 0 Å². The summed E-state index contributed by atoms with van der Waals surface area (Å²) in [7, 11) is 0. The van der Waals surface area contributed by atoms with E-state index < -0.39 is 5.82 Å². The maximum absolute atomic E-state index is 13.3. The number of carbonyl (C=O) groups excluding carboxylic acids is 1. The van der Waals surface area contributed by atoms with Crippen LogP contribution in [0.25, 0.3) is 0 Å². The van der Waals surface area contributed by atoms with Crippen LogP contribution in [0, 0.1) is 11.7 Å². The molecule has 0 heterocycles. The number of halogens is 2. The highest BCUT2D eigenvalue weighted by atomic mass is 79.9. The molecule has 1 aromatic carbocycles. The lowest BCUT2D eigenvalue weighted by molar-refractivity contribution is -0.123. The van der Waals surface area contributed by atoms with Gasteiger partial charge >= 0.3 is 0 Å². The largest absolute Gasteiger partial charge is 0.482 e. The topological polar surface area (TPSA) is 64.3 Å². The van der Waals surface area contributed by atoms with Crippen molar-refractivity contribution in [2.45, 2.75) is 12.8 Å². The molecule has 1 saturated carbocycles. The van der Waals surface area contributed by atoms with Crippen molar-refractivity contribution in [1.29, 1.82) is 0 Å². The molecular weight excluding hydrogens is 303 g/mol. The maximum Gasteiger partial charge on any atom is 0.257 e. The monoisotopic (exact) mass is 316 g/mol. The molecule has 3 N–H and O–H groups in total. The van der Waals surface area contributed by atoms with Gasteiger partial charge in [0.1, 0.15) is 11.6 Å². The second-order valence-corrected chi connectivity index (χ2v) is 5.19. The van der Waals surface area contributed by atoms with E-state index >= 15 is 0 Å². The number of nitrogens with one attached hydrogen (secondary N) is 1. The molecule has 0 atom stereocenters. The Kier molecular flexibility index (Phi) is 4.06. The molecule has 6 heteroatoms. The van der Waals surface area contributed by atoms with E-state index in [0.29, 0.717) is 18.2 Å². The molecule has 2 rings (SSSR count). The SMILES string of the molecule is Nc1cc(Br)c(F)cc1OCC(=O)NCC1CC1. The van der Waals surface area contributed by atoms with Gasteiger partial charge < -0.3 is 15.8 Å². The summed E-state index contributed by atoms with van der Waals surface area (Å²) in [5.74, 6) is 0.101. The van der Waals surface area contributed by atoms with Gasteiger partial charge in [-0.25, -0.2) is 4.39 Å². The first kappa shape index (κ1) is 13.1. The third kappa shape index (κ3) is 3.60. The van der Waals surface area contributed by atoms with Crippen molar-refractivity contribution in [3.05, 3.63) is 22.4 Å². The summed E-state index contributed by atoms with van der Waals surface area (Å²) in [4.78, 5) is 11.4. The average Bonchev–Trinajstić information content (AvgIpc) is 3.13. The standard InChI is InChI=1S/C12H14BrFN2O2/c13-8-3-10(15)11(4-9(8)14)18-6-12(17)16-5-7-1-2-7/h3-4,7H,1-2,5-6,15H2,(H,16,17). The van der Waals surface area contributed by atoms with Crippen molar-refractivity contribution in [1.82, 2.24) is 5.32 Å². The predicted molar refractivity (Wildman–Crippen MR) is 69.7 cm³/mol. The van der Waals surface area contributed by atoms with Crippen LogP contribution in [0.4, 0.5) is 10.1 Å². The number of anilines is 1. The molecule has 0 saturated heterocycles. The first-order chi connectivity index (χ1) is 8.56. The molecule has 1 fully saturated rings.